The van der Waals surface area contributed by atoms with E-state index in [9.17, 15) is 26.3 Å². The Balaban J connectivity index is 1.70. The van der Waals surface area contributed by atoms with E-state index in [1.54, 1.807) is 0 Å². The van der Waals surface area contributed by atoms with Gasteiger partial charge in [0.1, 0.15) is 11.4 Å². The van der Waals surface area contributed by atoms with Crippen molar-refractivity contribution in [2.75, 3.05) is 36.0 Å². The molecule has 0 amide bonds. The van der Waals surface area contributed by atoms with E-state index in [2.05, 4.69) is 19.9 Å². The SMILES string of the molecule is FC(F)(F)c1ccnc(N2CCN(c3nccc(C(F)(F)F)n3)CC2)n1. The number of halogens is 6. The summed E-state index contributed by atoms with van der Waals surface area (Å²) in [5.41, 5.74) is -2.10. The summed E-state index contributed by atoms with van der Waals surface area (Å²) in [6.07, 6.45) is -7.11. The van der Waals surface area contributed by atoms with Crippen LogP contribution in [0, 0.1) is 0 Å². The van der Waals surface area contributed by atoms with Gasteiger partial charge in [0.25, 0.3) is 0 Å². The van der Waals surface area contributed by atoms with Crippen LogP contribution in [0.1, 0.15) is 11.4 Å². The maximum Gasteiger partial charge on any atom is 0.433 e. The van der Waals surface area contributed by atoms with Crippen LogP contribution in [0.4, 0.5) is 38.2 Å². The molecule has 2 aromatic rings. The second-order valence-electron chi connectivity index (χ2n) is 5.45. The Labute approximate surface area is 143 Å². The summed E-state index contributed by atoms with van der Waals surface area (Å²) in [4.78, 5) is 17.7. The fourth-order valence-electron chi connectivity index (χ4n) is 2.42. The monoisotopic (exact) mass is 378 g/mol. The number of aromatic nitrogens is 4. The second-order valence-corrected chi connectivity index (χ2v) is 5.45. The van der Waals surface area contributed by atoms with Gasteiger partial charge in [0.15, 0.2) is 0 Å². The molecular weight excluding hydrogens is 366 g/mol. The van der Waals surface area contributed by atoms with Crippen LogP contribution in [0.5, 0.6) is 0 Å². The molecule has 6 nitrogen and oxygen atoms in total. The maximum absolute atomic E-state index is 12.7. The van der Waals surface area contributed by atoms with Crippen molar-refractivity contribution in [3.05, 3.63) is 35.9 Å². The van der Waals surface area contributed by atoms with Gasteiger partial charge in [-0.25, -0.2) is 19.9 Å². The van der Waals surface area contributed by atoms with Crippen molar-refractivity contribution in [2.24, 2.45) is 0 Å². The molecule has 0 radical (unpaired) electrons. The van der Waals surface area contributed by atoms with Gasteiger partial charge in [-0.3, -0.25) is 0 Å². The van der Waals surface area contributed by atoms with Crippen LogP contribution >= 0.6 is 0 Å². The summed E-state index contributed by atoms with van der Waals surface area (Å²) in [5.74, 6) is -0.158. The molecule has 0 aromatic carbocycles. The molecule has 0 aliphatic carbocycles. The predicted octanol–water partition coefficient (Wildman–Crippen LogP) is 2.63. The molecule has 140 valence electrons. The van der Waals surface area contributed by atoms with Crippen LogP contribution in [0.2, 0.25) is 0 Å². The van der Waals surface area contributed by atoms with E-state index in [0.29, 0.717) is 0 Å². The predicted molar refractivity (Wildman–Crippen MR) is 78.5 cm³/mol. The van der Waals surface area contributed by atoms with E-state index in [1.807, 2.05) is 0 Å². The van der Waals surface area contributed by atoms with Crippen LogP contribution in [0.25, 0.3) is 0 Å². The zero-order valence-corrected chi connectivity index (χ0v) is 13.1. The molecule has 3 rings (SSSR count). The van der Waals surface area contributed by atoms with Crippen molar-refractivity contribution in [3.63, 3.8) is 0 Å². The van der Waals surface area contributed by atoms with Gasteiger partial charge in [-0.2, -0.15) is 26.3 Å². The van der Waals surface area contributed by atoms with E-state index in [0.717, 1.165) is 24.5 Å². The summed E-state index contributed by atoms with van der Waals surface area (Å²) in [7, 11) is 0. The minimum Gasteiger partial charge on any atom is -0.337 e. The molecule has 0 N–H and O–H groups in total. The van der Waals surface area contributed by atoms with Gasteiger partial charge < -0.3 is 9.80 Å². The molecule has 26 heavy (non-hydrogen) atoms. The van der Waals surface area contributed by atoms with Crippen molar-refractivity contribution in [2.45, 2.75) is 12.4 Å². The molecule has 0 unspecified atom stereocenters. The highest BCUT2D eigenvalue weighted by molar-refractivity contribution is 5.38. The molecule has 0 spiro atoms. The lowest BCUT2D eigenvalue weighted by Gasteiger charge is -2.34. The minimum atomic E-state index is -4.58. The molecule has 3 heterocycles. The van der Waals surface area contributed by atoms with Crippen molar-refractivity contribution in [3.8, 4) is 0 Å². The molecule has 0 saturated carbocycles. The van der Waals surface area contributed by atoms with E-state index in [4.69, 9.17) is 0 Å². The van der Waals surface area contributed by atoms with Crippen LogP contribution in [-0.2, 0) is 12.4 Å². The fourth-order valence-corrected chi connectivity index (χ4v) is 2.42. The zero-order valence-electron chi connectivity index (χ0n) is 13.1. The summed E-state index contributed by atoms with van der Waals surface area (Å²) in [5, 5.41) is 0. The average Bonchev–Trinajstić information content (AvgIpc) is 2.61. The first-order valence-corrected chi connectivity index (χ1v) is 7.45. The van der Waals surface area contributed by atoms with Crippen molar-refractivity contribution >= 4 is 11.9 Å². The highest BCUT2D eigenvalue weighted by atomic mass is 19.4. The Morgan fingerprint density at radius 2 is 1.00 bits per heavy atom. The van der Waals surface area contributed by atoms with E-state index in [1.165, 1.54) is 9.80 Å². The van der Waals surface area contributed by atoms with Crippen molar-refractivity contribution in [1.29, 1.82) is 0 Å². The Kier molecular flexibility index (Phi) is 4.59. The minimum absolute atomic E-state index is 0.0792. The number of rotatable bonds is 2. The third-order valence-corrected chi connectivity index (χ3v) is 3.71. The van der Waals surface area contributed by atoms with Gasteiger partial charge in [-0.05, 0) is 12.1 Å². The van der Waals surface area contributed by atoms with Gasteiger partial charge in [-0.15, -0.1) is 0 Å². The molecule has 1 saturated heterocycles. The molecule has 1 fully saturated rings. The molecule has 0 atom stereocenters. The molecule has 2 aromatic heterocycles. The average molecular weight is 378 g/mol. The Morgan fingerprint density at radius 3 is 1.31 bits per heavy atom. The fraction of sp³-hybridized carbons (Fsp3) is 0.429. The third kappa shape index (κ3) is 3.94. The van der Waals surface area contributed by atoms with Crippen molar-refractivity contribution in [1.82, 2.24) is 19.9 Å². The first kappa shape index (κ1) is 18.1. The lowest BCUT2D eigenvalue weighted by atomic mass is 10.3. The first-order valence-electron chi connectivity index (χ1n) is 7.45. The smallest absolute Gasteiger partial charge is 0.337 e. The summed E-state index contributed by atoms with van der Waals surface area (Å²) >= 11 is 0. The van der Waals surface area contributed by atoms with E-state index >= 15 is 0 Å². The van der Waals surface area contributed by atoms with Crippen LogP contribution in [0.3, 0.4) is 0 Å². The normalized spacial score (nSPS) is 16.1. The van der Waals surface area contributed by atoms with Gasteiger partial charge in [0.05, 0.1) is 0 Å². The molecule has 1 aliphatic heterocycles. The number of piperazine rings is 1. The van der Waals surface area contributed by atoms with Crippen LogP contribution in [-0.4, -0.2) is 46.1 Å². The van der Waals surface area contributed by atoms with Crippen LogP contribution in [0.15, 0.2) is 24.5 Å². The van der Waals surface area contributed by atoms with Crippen LogP contribution < -0.4 is 9.80 Å². The van der Waals surface area contributed by atoms with Gasteiger partial charge in [0, 0.05) is 38.6 Å². The van der Waals surface area contributed by atoms with Gasteiger partial charge in [0.2, 0.25) is 11.9 Å². The third-order valence-electron chi connectivity index (χ3n) is 3.71. The molecule has 0 bridgehead atoms. The second kappa shape index (κ2) is 6.57. The number of alkyl halides is 6. The largest absolute Gasteiger partial charge is 0.433 e. The molecule has 12 heteroatoms. The summed E-state index contributed by atoms with van der Waals surface area (Å²) < 4.78 is 76.4. The number of nitrogens with zero attached hydrogens (tertiary/aromatic N) is 6. The highest BCUT2D eigenvalue weighted by Crippen LogP contribution is 2.29. The van der Waals surface area contributed by atoms with E-state index < -0.39 is 23.7 Å². The lowest BCUT2D eigenvalue weighted by Crippen LogP contribution is -2.48. The zero-order chi connectivity index (χ0) is 18.9. The number of hydrogen-bond donors (Lipinski definition) is 0. The molecular formula is C14H12F6N6. The Bertz CT molecular complexity index is 704. The topological polar surface area (TPSA) is 58.0 Å². The number of anilines is 2. The first-order chi connectivity index (χ1) is 12.1. The standard InChI is InChI=1S/C14H12F6N6/c15-13(16,17)9-1-3-21-11(23-9)25-5-7-26(8-6-25)12-22-4-2-10(24-12)14(18,19)20/h1-4H,5-8H2. The van der Waals surface area contributed by atoms with Gasteiger partial charge in [-0.1, -0.05) is 0 Å². The highest BCUT2D eigenvalue weighted by Gasteiger charge is 2.35. The maximum atomic E-state index is 12.7. The Morgan fingerprint density at radius 1 is 0.654 bits per heavy atom. The lowest BCUT2D eigenvalue weighted by molar-refractivity contribution is -0.142. The summed E-state index contributed by atoms with van der Waals surface area (Å²) in [6, 6.07) is 1.55. The summed E-state index contributed by atoms with van der Waals surface area (Å²) in [6.45, 7) is 0.893. The van der Waals surface area contributed by atoms with Crippen molar-refractivity contribution < 1.29 is 26.3 Å². The molecule has 1 aliphatic rings. The Hall–Kier alpha value is -2.66. The number of hydrogen-bond acceptors (Lipinski definition) is 6. The van der Waals surface area contributed by atoms with Gasteiger partial charge >= 0.3 is 12.4 Å². The quantitative estimate of drug-likeness (QED) is 0.749. The van der Waals surface area contributed by atoms with E-state index in [-0.39, 0.29) is 38.1 Å².